The number of fused-ring (bicyclic) bond motifs is 1. The van der Waals surface area contributed by atoms with Crippen molar-refractivity contribution < 1.29 is 19.1 Å². The highest BCUT2D eigenvalue weighted by Crippen LogP contribution is 2.36. The summed E-state index contributed by atoms with van der Waals surface area (Å²) >= 11 is 11.5. The van der Waals surface area contributed by atoms with Gasteiger partial charge in [-0.05, 0) is 86.1 Å². The number of benzene rings is 3. The summed E-state index contributed by atoms with van der Waals surface area (Å²) in [6, 6.07) is 14.0. The molecule has 1 aromatic heterocycles. The van der Waals surface area contributed by atoms with Crippen LogP contribution in [0.15, 0.2) is 52.9 Å². The molecule has 3 N–H and O–H groups in total. The molecule has 0 fully saturated rings. The fraction of sp³-hybridized carbons (Fsp3) is 0.192. The molecule has 9 heteroatoms. The van der Waals surface area contributed by atoms with Crippen LogP contribution in [-0.2, 0) is 6.42 Å². The molecule has 0 radical (unpaired) electrons. The fourth-order valence-electron chi connectivity index (χ4n) is 3.58. The molecule has 0 saturated heterocycles. The summed E-state index contributed by atoms with van der Waals surface area (Å²) < 4.78 is 11.3. The lowest BCUT2D eigenvalue weighted by Crippen LogP contribution is -2.34. The third-order valence-electron chi connectivity index (χ3n) is 5.37. The second-order valence-corrected chi connectivity index (χ2v) is 8.67. The normalized spacial score (nSPS) is 10.9. The van der Waals surface area contributed by atoms with Gasteiger partial charge in [-0.2, -0.15) is 0 Å². The summed E-state index contributed by atoms with van der Waals surface area (Å²) in [7, 11) is 0. The van der Waals surface area contributed by atoms with Crippen LogP contribution in [0.5, 0.6) is 11.5 Å². The van der Waals surface area contributed by atoms with Gasteiger partial charge in [0, 0.05) is 11.3 Å². The van der Waals surface area contributed by atoms with Crippen molar-refractivity contribution in [1.82, 2.24) is 10.3 Å². The average Bonchev–Trinajstić information content (AvgIpc) is 3.25. The van der Waals surface area contributed by atoms with Crippen LogP contribution < -0.4 is 15.4 Å². The Hall–Kier alpha value is -3.62. The third kappa shape index (κ3) is 5.39. The molecule has 3 aromatic carbocycles. The highest BCUT2D eigenvalue weighted by molar-refractivity contribution is 7.80. The lowest BCUT2D eigenvalue weighted by atomic mass is 10.1. The van der Waals surface area contributed by atoms with E-state index in [0.717, 1.165) is 12.0 Å². The second-order valence-electron chi connectivity index (χ2n) is 7.85. The van der Waals surface area contributed by atoms with Gasteiger partial charge in [-0.15, -0.1) is 0 Å². The summed E-state index contributed by atoms with van der Waals surface area (Å²) in [6.45, 7) is 6.14. The van der Waals surface area contributed by atoms with Crippen LogP contribution in [0.2, 0.25) is 5.02 Å². The van der Waals surface area contributed by atoms with Gasteiger partial charge < -0.3 is 19.6 Å². The fourth-order valence-corrected chi connectivity index (χ4v) is 4.02. The van der Waals surface area contributed by atoms with Crippen molar-refractivity contribution in [1.29, 1.82) is 0 Å². The predicted octanol–water partition coefficient (Wildman–Crippen LogP) is 6.25. The van der Waals surface area contributed by atoms with Crippen LogP contribution in [-0.4, -0.2) is 27.7 Å². The number of anilines is 1. The average molecular weight is 510 g/mol. The molecule has 0 bridgehead atoms. The molecule has 35 heavy (non-hydrogen) atoms. The summed E-state index contributed by atoms with van der Waals surface area (Å²) in [4.78, 5) is 17.2. The number of nitrogens with zero attached hydrogens (tertiary/aromatic N) is 1. The number of rotatable bonds is 6. The third-order valence-corrected chi connectivity index (χ3v) is 5.87. The predicted molar refractivity (Wildman–Crippen MR) is 142 cm³/mol. The number of hydrogen-bond acceptors (Lipinski definition) is 6. The molecule has 7 nitrogen and oxygen atoms in total. The van der Waals surface area contributed by atoms with E-state index in [-0.39, 0.29) is 16.8 Å². The Morgan fingerprint density at radius 2 is 1.97 bits per heavy atom. The van der Waals surface area contributed by atoms with Crippen LogP contribution in [0, 0.1) is 6.92 Å². The van der Waals surface area contributed by atoms with Crippen LogP contribution >= 0.6 is 23.8 Å². The van der Waals surface area contributed by atoms with E-state index >= 15 is 0 Å². The van der Waals surface area contributed by atoms with Gasteiger partial charge in [-0.1, -0.05) is 24.6 Å². The maximum Gasteiger partial charge on any atom is 0.257 e. The number of carbonyl (C=O) groups excluding carboxylic acids is 1. The van der Waals surface area contributed by atoms with Crippen molar-refractivity contribution in [2.45, 2.75) is 27.2 Å². The van der Waals surface area contributed by atoms with E-state index in [1.165, 1.54) is 6.07 Å². The van der Waals surface area contributed by atoms with Crippen molar-refractivity contribution in [3.63, 3.8) is 0 Å². The lowest BCUT2D eigenvalue weighted by Gasteiger charge is -2.13. The molecule has 0 aliphatic carbocycles. The van der Waals surface area contributed by atoms with E-state index in [0.29, 0.717) is 50.9 Å². The second kappa shape index (κ2) is 10.3. The zero-order valence-electron chi connectivity index (χ0n) is 19.4. The number of aryl methyl sites for hydroxylation is 2. The Morgan fingerprint density at radius 1 is 1.17 bits per heavy atom. The molecule has 0 atom stereocenters. The standard InChI is InChI=1S/C26H24ClN3O4S/c1-4-15-6-8-22-20(11-15)29-25(34-22)18-13-17(10-14(3)23(18)31)28-26(35)30-24(32)16-7-9-21(33-5-2)19(27)12-16/h6-13,31H,4-5H2,1-3H3,(H2,28,30,32,35). The molecular weight excluding hydrogens is 486 g/mol. The molecule has 0 saturated carbocycles. The van der Waals surface area contributed by atoms with Gasteiger partial charge in [0.2, 0.25) is 5.89 Å². The van der Waals surface area contributed by atoms with Gasteiger partial charge in [0.25, 0.3) is 5.91 Å². The first-order valence-electron chi connectivity index (χ1n) is 11.1. The molecule has 180 valence electrons. The van der Waals surface area contributed by atoms with E-state index in [9.17, 15) is 9.90 Å². The first-order valence-corrected chi connectivity index (χ1v) is 11.9. The van der Waals surface area contributed by atoms with E-state index < -0.39 is 5.91 Å². The monoisotopic (exact) mass is 509 g/mol. The molecule has 0 aliphatic heterocycles. The van der Waals surface area contributed by atoms with Crippen LogP contribution in [0.3, 0.4) is 0 Å². The first kappa shape index (κ1) is 24.5. The lowest BCUT2D eigenvalue weighted by molar-refractivity contribution is 0.0977. The smallest absolute Gasteiger partial charge is 0.257 e. The van der Waals surface area contributed by atoms with Crippen molar-refractivity contribution in [3.8, 4) is 23.0 Å². The van der Waals surface area contributed by atoms with E-state index in [4.69, 9.17) is 33.0 Å². The van der Waals surface area contributed by atoms with Gasteiger partial charge in [-0.3, -0.25) is 10.1 Å². The molecule has 1 amide bonds. The van der Waals surface area contributed by atoms with E-state index in [1.54, 1.807) is 31.2 Å². The minimum atomic E-state index is -0.422. The van der Waals surface area contributed by atoms with Gasteiger partial charge in [0.15, 0.2) is 10.7 Å². The number of ether oxygens (including phenoxy) is 1. The SMILES string of the molecule is CCOc1ccc(C(=O)NC(=S)Nc2cc(C)c(O)c(-c3nc4cc(CC)ccc4o3)c2)cc1Cl. The number of aromatic hydroxyl groups is 1. The quantitative estimate of drug-likeness (QED) is 0.209. The summed E-state index contributed by atoms with van der Waals surface area (Å²) in [5.74, 6) is 0.422. The Balaban J connectivity index is 1.53. The molecule has 4 rings (SSSR count). The van der Waals surface area contributed by atoms with E-state index in [2.05, 4.69) is 22.5 Å². The number of amides is 1. The zero-order chi connectivity index (χ0) is 25.1. The van der Waals surface area contributed by atoms with Crippen molar-refractivity contribution in [3.05, 3.63) is 70.2 Å². The van der Waals surface area contributed by atoms with Crippen LogP contribution in [0.4, 0.5) is 5.69 Å². The Kier molecular flexibility index (Phi) is 7.23. The number of hydrogen-bond donors (Lipinski definition) is 3. The molecule has 0 aliphatic rings. The number of aromatic nitrogens is 1. The maximum atomic E-state index is 12.6. The molecule has 0 unspecified atom stereocenters. The van der Waals surface area contributed by atoms with Gasteiger partial charge >= 0.3 is 0 Å². The van der Waals surface area contributed by atoms with Crippen LogP contribution in [0.25, 0.3) is 22.6 Å². The maximum absolute atomic E-state index is 12.6. The number of phenolic OH excluding ortho intramolecular Hbond substituents is 1. The Labute approximate surface area is 213 Å². The van der Waals surface area contributed by atoms with Crippen molar-refractivity contribution in [2.24, 2.45) is 0 Å². The largest absolute Gasteiger partial charge is 0.507 e. The minimum Gasteiger partial charge on any atom is -0.507 e. The number of oxazole rings is 1. The number of halogens is 1. The van der Waals surface area contributed by atoms with Crippen molar-refractivity contribution in [2.75, 3.05) is 11.9 Å². The summed E-state index contributed by atoms with van der Waals surface area (Å²) in [5.41, 5.74) is 4.38. The highest BCUT2D eigenvalue weighted by atomic mass is 35.5. The van der Waals surface area contributed by atoms with E-state index in [1.807, 2.05) is 25.1 Å². The van der Waals surface area contributed by atoms with Crippen LogP contribution in [0.1, 0.15) is 35.3 Å². The Bertz CT molecular complexity index is 1430. The minimum absolute atomic E-state index is 0.0526. The van der Waals surface area contributed by atoms with Crippen molar-refractivity contribution >= 4 is 51.6 Å². The number of phenols is 1. The number of thiocarbonyl (C=S) groups is 1. The van der Waals surface area contributed by atoms with Gasteiger partial charge in [0.1, 0.15) is 17.0 Å². The highest BCUT2D eigenvalue weighted by Gasteiger charge is 2.17. The molecule has 1 heterocycles. The molecule has 0 spiro atoms. The molecular formula is C26H24ClN3O4S. The first-order chi connectivity index (χ1) is 16.8. The van der Waals surface area contributed by atoms with Gasteiger partial charge in [0.05, 0.1) is 17.2 Å². The van der Waals surface area contributed by atoms with Gasteiger partial charge in [-0.25, -0.2) is 4.98 Å². The summed E-state index contributed by atoms with van der Waals surface area (Å²) in [6.07, 6.45) is 0.883. The number of nitrogens with one attached hydrogen (secondary N) is 2. The topological polar surface area (TPSA) is 96.6 Å². The summed E-state index contributed by atoms with van der Waals surface area (Å²) in [5, 5.41) is 16.7. The Morgan fingerprint density at radius 3 is 2.69 bits per heavy atom. The zero-order valence-corrected chi connectivity index (χ0v) is 21.0. The molecule has 4 aromatic rings. The number of carbonyl (C=O) groups is 1.